The number of carbonyl (C=O) groups excluding carboxylic acids is 4. The summed E-state index contributed by atoms with van der Waals surface area (Å²) in [5.41, 5.74) is 0.282. The van der Waals surface area contributed by atoms with E-state index in [1.807, 2.05) is 0 Å². The second-order valence-electron chi connectivity index (χ2n) is 35.1. The van der Waals surface area contributed by atoms with Gasteiger partial charge in [0.25, 0.3) is 23.4 Å². The molecule has 50 nitrogen and oxygen atoms in total. The number of carboxylic acids is 2. The van der Waals surface area contributed by atoms with Crippen LogP contribution >= 0.6 is 0 Å². The summed E-state index contributed by atoms with van der Waals surface area (Å²) >= 11 is 0. The Balaban J connectivity index is 0.836. The first-order chi connectivity index (χ1) is 65.6. The van der Waals surface area contributed by atoms with Gasteiger partial charge in [0.15, 0.2) is 37.7 Å². The van der Waals surface area contributed by atoms with Crippen LogP contribution in [0.1, 0.15) is 72.4 Å². The van der Waals surface area contributed by atoms with Gasteiger partial charge in [-0.2, -0.15) is 0 Å². The number of hydrogen-bond acceptors (Lipinski definition) is 44. The number of hydrogen-bond donors (Lipinski definition) is 28. The maximum atomic E-state index is 15.2. The molecule has 8 aliphatic rings. The van der Waals surface area contributed by atoms with Crippen molar-refractivity contribution >= 4 is 57.1 Å². The molecular weight excluding hydrogens is 1850 g/mol. The molecule has 28 N–H and O–H groups in total. The number of aliphatic hydroxyl groups excluding tert-OH is 22. The number of nitrogens with one attached hydrogen (secondary N) is 4. The van der Waals surface area contributed by atoms with Gasteiger partial charge >= 0.3 is 11.9 Å². The van der Waals surface area contributed by atoms with Gasteiger partial charge in [-0.25, -0.2) is 9.59 Å². The van der Waals surface area contributed by atoms with Crippen LogP contribution in [-0.4, -0.2) is 454 Å². The van der Waals surface area contributed by atoms with Crippen molar-refractivity contribution in [1.82, 2.24) is 21.3 Å². The Hall–Kier alpha value is -8.08. The SMILES string of the molecule is CC(=O)N[C@H]1[C@H]([C@H](O)[C@H](O)CO)O[C@@](O[C@H]2[C@@H](O)[C@@H](CO)O[C@@H](O[C@H]3[C@H](O[C@@H]4O[C@@H](C)[C@@H](O)[C@@H](O)[C@@H]4O)[C@@H](NC(=O)c4ccc5ccccc5c4)[C@H](OCc4cccc(CO[C@@H]5O[C@H](CO)[C@@H](O[C@@H]6O[C@H](CO)[C@H](O)[C@H](O[C@]7(C(=O)O)C[C@H](O)[C@@H](NC(C)=O)[C@H]([C@H](O)[C@H](O)CO)O7)[C@H]6O)[C@H](O[C@@H]6O[C@@H](C)[C@@H](O)[C@@H](O)[C@@H]6O)[C@H]5NC(=O)c5ccc6ccccc6c5)c4)O[C@@H]3CO)[C@@H]2O)(C(=O)O)C[C@@H]1O. The number of rotatable bonds is 36. The average Bonchev–Trinajstić information content (AvgIpc) is 0.750. The van der Waals surface area contributed by atoms with Gasteiger partial charge in [-0.15, -0.1) is 0 Å². The van der Waals surface area contributed by atoms with Gasteiger partial charge in [-0.05, 0) is 70.8 Å². The minimum atomic E-state index is -3.31. The molecule has 0 aromatic heterocycles. The van der Waals surface area contributed by atoms with E-state index in [1.54, 1.807) is 60.7 Å². The summed E-state index contributed by atoms with van der Waals surface area (Å²) in [5.74, 6) is -14.5. The molecule has 13 rings (SSSR count). The molecule has 50 heteroatoms. The lowest BCUT2D eigenvalue weighted by Gasteiger charge is -2.51. The number of benzene rings is 5. The molecule has 5 aromatic rings. The lowest BCUT2D eigenvalue weighted by Crippen LogP contribution is -2.71. The van der Waals surface area contributed by atoms with Crippen molar-refractivity contribution in [2.24, 2.45) is 0 Å². The zero-order valence-corrected chi connectivity index (χ0v) is 74.3. The number of ether oxygens (including phenoxy) is 16. The van der Waals surface area contributed by atoms with Gasteiger partial charge in [0.1, 0.15) is 171 Å². The molecule has 0 saturated carbocycles. The van der Waals surface area contributed by atoms with Crippen molar-refractivity contribution in [3.05, 3.63) is 131 Å². The van der Waals surface area contributed by atoms with Gasteiger partial charge in [0.2, 0.25) is 11.8 Å². The first-order valence-corrected chi connectivity index (χ1v) is 44.3. The molecule has 8 heterocycles. The third-order valence-corrected chi connectivity index (χ3v) is 25.5. The van der Waals surface area contributed by atoms with Crippen LogP contribution in [0.25, 0.3) is 21.5 Å². The molecule has 4 amide bonds. The predicted octanol–water partition coefficient (Wildman–Crippen LogP) is -10.8. The van der Waals surface area contributed by atoms with Crippen LogP contribution in [0, 0.1) is 0 Å². The molecule has 0 radical (unpaired) electrons. The molecule has 8 aliphatic heterocycles. The standard InChI is InChI=1S/C88H118N4O46/c1-33-57(105)63(111)65(113)81(125-33)133-73-55(91-77(117)43-18-16-39-12-5-7-14-41(39)21-43)79(129-51(29-97)69(73)131-83-67(115)75(61(109)49(27-95)127-83)137-87(85(119)120)23-45(101)53(89-35(3)99)71(135-87)59(107)47(103)25-93)123-31-37-10-9-11-38(20-37)32-124-80-56(92-78(118)44-19-17-40-13-6-8-15-42(40)22-44)74(134-82-66(114)64(112)58(106)34(2)126-82)70(52(30-98)130-80)132-84-68(116)76(62(110)50(28-96)128-84)138-88(86(121)122)24-46(102)54(90-36(4)100)72(136-88)60(108)48(104)26-94/h5-22,33-34,45-76,79-84,93-98,101-116H,23-32H2,1-4H3,(H,89,99)(H,90,100)(H,91,117)(H,92,118)(H,119,120)(H,121,122)/t33-,34-,45-,46-,47+,48+,49+,50+,51+,52+,53+,54+,55+,56+,57+,58+,59+,60+,61-,62-,63+,64+,65-,66-,67+,68+,69+,70+,71+,72+,73+,74+,75-,76-,79+,80+,81-,82-,83-,84-,87-,88-/m0/s1. The zero-order valence-electron chi connectivity index (χ0n) is 74.3. The molecule has 5 aromatic carbocycles. The Labute approximate surface area is 784 Å². The molecular formula is C88H118N4O46. The lowest BCUT2D eigenvalue weighted by molar-refractivity contribution is -0.391. The van der Waals surface area contributed by atoms with E-state index in [4.69, 9.17) is 75.8 Å². The van der Waals surface area contributed by atoms with Gasteiger partial charge < -0.3 is 220 Å². The van der Waals surface area contributed by atoms with Crippen molar-refractivity contribution in [2.75, 3.05) is 39.6 Å². The maximum absolute atomic E-state index is 15.2. The minimum Gasteiger partial charge on any atom is -0.477 e. The van der Waals surface area contributed by atoms with E-state index in [-0.39, 0.29) is 22.3 Å². The van der Waals surface area contributed by atoms with Gasteiger partial charge in [0.05, 0.1) is 89.4 Å². The van der Waals surface area contributed by atoms with E-state index in [2.05, 4.69) is 21.3 Å². The topological polar surface area (TPSA) is 784 Å². The number of amides is 4. The summed E-state index contributed by atoms with van der Waals surface area (Å²) in [6, 6.07) is 21.4. The van der Waals surface area contributed by atoms with E-state index < -0.39 is 358 Å². The van der Waals surface area contributed by atoms with Crippen molar-refractivity contribution in [3.8, 4) is 0 Å². The normalized spacial score (nSPS) is 39.4. The molecule has 0 spiro atoms. The fourth-order valence-corrected chi connectivity index (χ4v) is 18.1. The van der Waals surface area contributed by atoms with Crippen molar-refractivity contribution in [3.63, 3.8) is 0 Å². The number of aliphatic hydroxyl groups is 22. The molecule has 766 valence electrons. The number of carbonyl (C=O) groups is 6. The van der Waals surface area contributed by atoms with Crippen LogP contribution in [0.3, 0.4) is 0 Å². The summed E-state index contributed by atoms with van der Waals surface area (Å²) in [5, 5.41) is 283. The predicted molar refractivity (Wildman–Crippen MR) is 453 cm³/mol. The highest BCUT2D eigenvalue weighted by molar-refractivity contribution is 6.00. The largest absolute Gasteiger partial charge is 0.477 e. The minimum absolute atomic E-state index is 0.0487. The van der Waals surface area contributed by atoms with E-state index >= 15 is 9.59 Å². The van der Waals surface area contributed by atoms with Crippen molar-refractivity contribution in [2.45, 2.75) is 310 Å². The zero-order chi connectivity index (χ0) is 100. The Morgan fingerprint density at radius 3 is 1.05 bits per heavy atom. The number of carboxylic acid groups (broad SMARTS) is 2. The second-order valence-corrected chi connectivity index (χ2v) is 35.1. The number of aliphatic carboxylic acids is 2. The molecule has 8 saturated heterocycles. The number of fused-ring (bicyclic) bond motifs is 2. The van der Waals surface area contributed by atoms with E-state index in [0.29, 0.717) is 21.5 Å². The Morgan fingerprint density at radius 1 is 0.370 bits per heavy atom. The quantitative estimate of drug-likeness (QED) is 0.0177. The first-order valence-electron chi connectivity index (χ1n) is 44.3. The summed E-state index contributed by atoms with van der Waals surface area (Å²) in [4.78, 5) is 82.4. The van der Waals surface area contributed by atoms with Crippen LogP contribution in [0.2, 0.25) is 0 Å². The van der Waals surface area contributed by atoms with E-state index in [0.717, 1.165) is 13.8 Å². The highest BCUT2D eigenvalue weighted by Crippen LogP contribution is 2.44. The third-order valence-electron chi connectivity index (χ3n) is 25.5. The summed E-state index contributed by atoms with van der Waals surface area (Å²) in [6.45, 7) is -3.83. The second kappa shape index (κ2) is 46.1. The lowest BCUT2D eigenvalue weighted by atomic mass is 9.88. The average molecular weight is 1970 g/mol. The van der Waals surface area contributed by atoms with Crippen LogP contribution < -0.4 is 21.3 Å². The molecule has 8 fully saturated rings. The molecule has 0 unspecified atom stereocenters. The highest BCUT2D eigenvalue weighted by Gasteiger charge is 2.65. The summed E-state index contributed by atoms with van der Waals surface area (Å²) in [6.07, 6.45) is -77.9. The molecule has 0 bridgehead atoms. The first kappa shape index (κ1) is 107. The molecule has 0 aliphatic carbocycles. The van der Waals surface area contributed by atoms with Crippen LogP contribution in [-0.2, 0) is 108 Å². The van der Waals surface area contributed by atoms with E-state index in [9.17, 15) is 142 Å². The maximum Gasteiger partial charge on any atom is 0.364 e. The monoisotopic (exact) mass is 1970 g/mol. The molecule has 138 heavy (non-hydrogen) atoms. The molecule has 42 atom stereocenters. The van der Waals surface area contributed by atoms with Crippen LogP contribution in [0.4, 0.5) is 0 Å². The summed E-state index contributed by atoms with van der Waals surface area (Å²) in [7, 11) is 0. The smallest absolute Gasteiger partial charge is 0.364 e. The van der Waals surface area contributed by atoms with Gasteiger partial charge in [0, 0.05) is 37.8 Å². The Kier molecular flexibility index (Phi) is 35.8. The summed E-state index contributed by atoms with van der Waals surface area (Å²) < 4.78 is 99.7. The van der Waals surface area contributed by atoms with Gasteiger partial charge in [-0.3, -0.25) is 19.2 Å². The fraction of sp³-hybridized carbons (Fsp3) is 0.636. The van der Waals surface area contributed by atoms with Crippen molar-refractivity contribution < 1.29 is 227 Å². The Morgan fingerprint density at radius 2 is 0.710 bits per heavy atom. The van der Waals surface area contributed by atoms with Crippen LogP contribution in [0.15, 0.2) is 109 Å². The Bertz CT molecular complexity index is 4630. The highest BCUT2D eigenvalue weighted by atomic mass is 16.8. The van der Waals surface area contributed by atoms with Crippen LogP contribution in [0.5, 0.6) is 0 Å². The fourth-order valence-electron chi connectivity index (χ4n) is 18.1. The van der Waals surface area contributed by atoms with Crippen molar-refractivity contribution in [1.29, 1.82) is 0 Å². The third kappa shape index (κ3) is 23.2. The van der Waals surface area contributed by atoms with E-state index in [1.165, 1.54) is 62.4 Å². The van der Waals surface area contributed by atoms with Gasteiger partial charge in [-0.1, -0.05) is 84.9 Å².